The quantitative estimate of drug-likeness (QED) is 0.887. The second kappa shape index (κ2) is 7.14. The predicted octanol–water partition coefficient (Wildman–Crippen LogP) is 2.80. The average Bonchev–Trinajstić information content (AvgIpc) is 2.98. The van der Waals surface area contributed by atoms with Gasteiger partial charge in [0.05, 0.1) is 31.5 Å². The van der Waals surface area contributed by atoms with E-state index in [-0.39, 0.29) is 5.69 Å². The Bertz CT molecular complexity index is 758. The molecule has 0 saturated carbocycles. The van der Waals surface area contributed by atoms with Crippen molar-refractivity contribution in [2.75, 3.05) is 18.5 Å². The van der Waals surface area contributed by atoms with E-state index in [9.17, 15) is 18.0 Å². The highest BCUT2D eigenvalue weighted by molar-refractivity contribution is 5.89. The first kappa shape index (κ1) is 17.3. The molecule has 0 unspecified atom stereocenters. The van der Waals surface area contributed by atoms with Crippen LogP contribution in [0.4, 0.5) is 23.7 Å². The number of halogens is 3. The minimum atomic E-state index is -4.45. The Morgan fingerprint density at radius 3 is 3.00 bits per heavy atom. The molecule has 0 fully saturated rings. The minimum absolute atomic E-state index is 0.0842. The molecule has 0 radical (unpaired) electrons. The van der Waals surface area contributed by atoms with Gasteiger partial charge in [0.2, 0.25) is 0 Å². The Balaban J connectivity index is 1.51. The first-order chi connectivity index (χ1) is 11.9. The van der Waals surface area contributed by atoms with Crippen molar-refractivity contribution in [1.29, 1.82) is 0 Å². The number of aromatic nitrogens is 2. The number of carbonyl (C=O) groups excluding carboxylic acids is 1. The third-order valence-corrected chi connectivity index (χ3v) is 3.83. The van der Waals surface area contributed by atoms with Crippen LogP contribution < -0.4 is 10.6 Å². The van der Waals surface area contributed by atoms with Crippen LogP contribution in [-0.4, -0.2) is 29.0 Å². The molecule has 2 aromatic rings. The highest BCUT2D eigenvalue weighted by Crippen LogP contribution is 2.30. The van der Waals surface area contributed by atoms with E-state index in [4.69, 9.17) is 4.74 Å². The van der Waals surface area contributed by atoms with Crippen LogP contribution in [0.3, 0.4) is 0 Å². The molecule has 2 N–H and O–H groups in total. The van der Waals surface area contributed by atoms with Crippen molar-refractivity contribution in [1.82, 2.24) is 15.1 Å². The fraction of sp³-hybridized carbons (Fsp3) is 0.375. The first-order valence-electron chi connectivity index (χ1n) is 7.77. The number of ether oxygens (including phenoxy) is 1. The van der Waals surface area contributed by atoms with Crippen LogP contribution in [0.1, 0.15) is 16.8 Å². The highest BCUT2D eigenvalue weighted by atomic mass is 19.4. The van der Waals surface area contributed by atoms with Crippen LogP contribution in [0.5, 0.6) is 0 Å². The molecule has 1 aromatic carbocycles. The summed E-state index contributed by atoms with van der Waals surface area (Å²) in [5, 5.41) is 9.27. The van der Waals surface area contributed by atoms with Gasteiger partial charge in [-0.1, -0.05) is 6.07 Å². The van der Waals surface area contributed by atoms with E-state index in [0.29, 0.717) is 26.3 Å². The lowest BCUT2D eigenvalue weighted by Gasteiger charge is -2.15. The van der Waals surface area contributed by atoms with Crippen LogP contribution in [-0.2, 0) is 30.5 Å². The summed E-state index contributed by atoms with van der Waals surface area (Å²) in [6, 6.07) is 3.93. The number of carbonyl (C=O) groups is 1. The molecule has 2 amide bonds. The highest BCUT2D eigenvalue weighted by Gasteiger charge is 2.30. The number of benzene rings is 1. The van der Waals surface area contributed by atoms with Crippen LogP contribution in [0.2, 0.25) is 0 Å². The normalized spacial score (nSPS) is 14.0. The van der Waals surface area contributed by atoms with Gasteiger partial charge < -0.3 is 15.4 Å². The number of hydrogen-bond acceptors (Lipinski definition) is 3. The van der Waals surface area contributed by atoms with Crippen molar-refractivity contribution >= 4 is 11.7 Å². The number of fused-ring (bicyclic) bond motifs is 1. The minimum Gasteiger partial charge on any atom is -0.376 e. The van der Waals surface area contributed by atoms with E-state index in [1.54, 1.807) is 6.20 Å². The average molecular weight is 354 g/mol. The number of hydrogen-bond donors (Lipinski definition) is 2. The molecule has 0 saturated heterocycles. The summed E-state index contributed by atoms with van der Waals surface area (Å²) in [6.07, 6.45) is -1.93. The third kappa shape index (κ3) is 4.30. The molecular formula is C16H17F3N4O2. The van der Waals surface area contributed by atoms with Gasteiger partial charge in [-0.3, -0.25) is 4.68 Å². The number of urea groups is 1. The lowest BCUT2D eigenvalue weighted by molar-refractivity contribution is -0.137. The summed E-state index contributed by atoms with van der Waals surface area (Å²) < 4.78 is 45.1. The second-order valence-electron chi connectivity index (χ2n) is 5.60. The number of nitrogens with one attached hydrogen (secondary N) is 2. The van der Waals surface area contributed by atoms with Gasteiger partial charge in [-0.25, -0.2) is 4.79 Å². The molecule has 0 aliphatic carbocycles. The Morgan fingerprint density at radius 1 is 1.36 bits per heavy atom. The van der Waals surface area contributed by atoms with Gasteiger partial charge in [0.25, 0.3) is 0 Å². The summed E-state index contributed by atoms with van der Waals surface area (Å²) in [5.74, 6) is 0. The molecule has 0 spiro atoms. The number of rotatable bonds is 4. The summed E-state index contributed by atoms with van der Waals surface area (Å²) in [7, 11) is 0. The van der Waals surface area contributed by atoms with Crippen LogP contribution in [0.25, 0.3) is 0 Å². The molecule has 25 heavy (non-hydrogen) atoms. The molecule has 134 valence electrons. The lowest BCUT2D eigenvalue weighted by Crippen LogP contribution is -2.32. The Hall–Kier alpha value is -2.55. The van der Waals surface area contributed by atoms with E-state index in [0.717, 1.165) is 29.8 Å². The van der Waals surface area contributed by atoms with Gasteiger partial charge in [-0.05, 0) is 18.2 Å². The van der Waals surface area contributed by atoms with Gasteiger partial charge in [-0.15, -0.1) is 0 Å². The fourth-order valence-corrected chi connectivity index (χ4v) is 2.63. The largest absolute Gasteiger partial charge is 0.416 e. The Kier molecular flexibility index (Phi) is 4.93. The first-order valence-corrected chi connectivity index (χ1v) is 7.77. The number of nitrogens with zero attached hydrogens (tertiary/aromatic N) is 2. The smallest absolute Gasteiger partial charge is 0.376 e. The zero-order valence-electron chi connectivity index (χ0n) is 13.3. The molecule has 3 rings (SSSR count). The monoisotopic (exact) mass is 354 g/mol. The van der Waals surface area contributed by atoms with Gasteiger partial charge in [0, 0.05) is 29.9 Å². The molecule has 6 nitrogen and oxygen atoms in total. The standard InChI is InChI=1S/C16H17F3N4O2/c17-16(18,19)12-2-1-3-13(8-12)22-15(24)20-5-6-23-14-4-7-25-10-11(14)9-21-23/h1-3,8-9H,4-7,10H2,(H2,20,22,24). The fourth-order valence-electron chi connectivity index (χ4n) is 2.63. The summed E-state index contributed by atoms with van der Waals surface area (Å²) >= 11 is 0. The molecule has 2 heterocycles. The van der Waals surface area contributed by atoms with Crippen LogP contribution >= 0.6 is 0 Å². The molecule has 9 heteroatoms. The summed E-state index contributed by atoms with van der Waals surface area (Å²) in [4.78, 5) is 11.8. The van der Waals surface area contributed by atoms with Gasteiger partial charge in [0.15, 0.2) is 0 Å². The number of alkyl halides is 3. The summed E-state index contributed by atoms with van der Waals surface area (Å²) in [5.41, 5.74) is 1.41. The van der Waals surface area contributed by atoms with E-state index in [2.05, 4.69) is 15.7 Å². The van der Waals surface area contributed by atoms with Crippen molar-refractivity contribution in [2.24, 2.45) is 0 Å². The zero-order chi connectivity index (χ0) is 17.9. The summed E-state index contributed by atoms with van der Waals surface area (Å²) in [6.45, 7) is 1.96. The maximum Gasteiger partial charge on any atom is 0.416 e. The van der Waals surface area contributed by atoms with E-state index >= 15 is 0 Å². The van der Waals surface area contributed by atoms with Crippen LogP contribution in [0, 0.1) is 0 Å². The maximum atomic E-state index is 12.7. The van der Waals surface area contributed by atoms with E-state index in [1.807, 2.05) is 4.68 Å². The number of anilines is 1. The molecule has 1 aliphatic rings. The molecule has 0 atom stereocenters. The topological polar surface area (TPSA) is 68.2 Å². The Morgan fingerprint density at radius 2 is 2.20 bits per heavy atom. The SMILES string of the molecule is O=C(NCCn1ncc2c1CCOC2)Nc1cccc(C(F)(F)F)c1. The van der Waals surface area contributed by atoms with Gasteiger partial charge >= 0.3 is 12.2 Å². The van der Waals surface area contributed by atoms with Crippen molar-refractivity contribution in [3.8, 4) is 0 Å². The zero-order valence-corrected chi connectivity index (χ0v) is 13.3. The third-order valence-electron chi connectivity index (χ3n) is 3.83. The maximum absolute atomic E-state index is 12.7. The van der Waals surface area contributed by atoms with Gasteiger partial charge in [0.1, 0.15) is 0 Å². The second-order valence-corrected chi connectivity index (χ2v) is 5.60. The lowest BCUT2D eigenvalue weighted by atomic mass is 10.2. The predicted molar refractivity (Wildman–Crippen MR) is 84.1 cm³/mol. The van der Waals surface area contributed by atoms with Crippen molar-refractivity contribution in [3.05, 3.63) is 47.3 Å². The van der Waals surface area contributed by atoms with Crippen molar-refractivity contribution in [2.45, 2.75) is 25.7 Å². The van der Waals surface area contributed by atoms with Crippen LogP contribution in [0.15, 0.2) is 30.5 Å². The van der Waals surface area contributed by atoms with Crippen molar-refractivity contribution in [3.63, 3.8) is 0 Å². The van der Waals surface area contributed by atoms with Gasteiger partial charge in [-0.2, -0.15) is 18.3 Å². The molecule has 1 aromatic heterocycles. The molecular weight excluding hydrogens is 337 g/mol. The Labute approximate surface area is 142 Å². The van der Waals surface area contributed by atoms with Crippen molar-refractivity contribution < 1.29 is 22.7 Å². The van der Waals surface area contributed by atoms with E-state index in [1.165, 1.54) is 12.1 Å². The number of amides is 2. The molecule has 0 bridgehead atoms. The van der Waals surface area contributed by atoms with E-state index < -0.39 is 17.8 Å². The molecule has 1 aliphatic heterocycles.